The van der Waals surface area contributed by atoms with Gasteiger partial charge in [0.2, 0.25) is 0 Å². The molecular formula is C15H22Br2N2O. The van der Waals surface area contributed by atoms with E-state index in [2.05, 4.69) is 55.1 Å². The summed E-state index contributed by atoms with van der Waals surface area (Å²) in [6.45, 7) is 6.35. The van der Waals surface area contributed by atoms with Gasteiger partial charge in [-0.2, -0.15) is 0 Å². The van der Waals surface area contributed by atoms with E-state index in [0.29, 0.717) is 11.8 Å². The number of hydrogen-bond acceptors (Lipinski definition) is 3. The van der Waals surface area contributed by atoms with E-state index >= 15 is 0 Å². The lowest BCUT2D eigenvalue weighted by Gasteiger charge is -2.35. The van der Waals surface area contributed by atoms with Crippen molar-refractivity contribution in [3.63, 3.8) is 0 Å². The Hall–Kier alpha value is -0.100. The standard InChI is InChI=1S/C15H22Br2N2O/c1-2-3-4-14(19-7-5-18-6-8-19)12-9-11(16)10-13(17)15(12)20/h9-10,14,18,20H,2-8H2,1H3/t14-/m1/s1. The van der Waals surface area contributed by atoms with E-state index in [-0.39, 0.29) is 0 Å². The summed E-state index contributed by atoms with van der Waals surface area (Å²) in [5, 5.41) is 13.8. The lowest BCUT2D eigenvalue weighted by molar-refractivity contribution is 0.160. The number of phenolic OH excluding ortho intramolecular Hbond substituents is 1. The molecule has 0 spiro atoms. The van der Waals surface area contributed by atoms with Crippen LogP contribution in [0, 0.1) is 0 Å². The lowest BCUT2D eigenvalue weighted by atomic mass is 9.98. The van der Waals surface area contributed by atoms with Crippen molar-refractivity contribution in [3.05, 3.63) is 26.6 Å². The van der Waals surface area contributed by atoms with Crippen LogP contribution in [0.25, 0.3) is 0 Å². The Balaban J connectivity index is 2.29. The Bertz CT molecular complexity index is 448. The van der Waals surface area contributed by atoms with E-state index in [1.165, 1.54) is 12.8 Å². The van der Waals surface area contributed by atoms with Gasteiger partial charge in [0, 0.05) is 42.3 Å². The zero-order chi connectivity index (χ0) is 14.5. The van der Waals surface area contributed by atoms with Crippen molar-refractivity contribution in [1.29, 1.82) is 0 Å². The maximum Gasteiger partial charge on any atom is 0.134 e. The molecule has 20 heavy (non-hydrogen) atoms. The Kier molecular flexibility index (Phi) is 6.33. The van der Waals surface area contributed by atoms with Crippen LogP contribution in [0.1, 0.15) is 37.8 Å². The molecule has 1 saturated heterocycles. The first kappa shape index (κ1) is 16.3. The van der Waals surface area contributed by atoms with Crippen LogP contribution in [0.15, 0.2) is 21.1 Å². The van der Waals surface area contributed by atoms with Crippen molar-refractivity contribution < 1.29 is 5.11 Å². The van der Waals surface area contributed by atoms with Crippen molar-refractivity contribution in [3.8, 4) is 5.75 Å². The molecule has 1 fully saturated rings. The van der Waals surface area contributed by atoms with E-state index in [1.807, 2.05) is 6.07 Å². The van der Waals surface area contributed by atoms with E-state index in [4.69, 9.17) is 0 Å². The molecule has 2 N–H and O–H groups in total. The number of nitrogens with one attached hydrogen (secondary N) is 1. The van der Waals surface area contributed by atoms with Crippen molar-refractivity contribution in [2.75, 3.05) is 26.2 Å². The molecule has 2 rings (SSSR count). The molecule has 1 aliphatic heterocycles. The first-order chi connectivity index (χ1) is 9.63. The number of piperazine rings is 1. The fourth-order valence-electron chi connectivity index (χ4n) is 2.77. The predicted molar refractivity (Wildman–Crippen MR) is 90.2 cm³/mol. The molecular weight excluding hydrogens is 384 g/mol. The van der Waals surface area contributed by atoms with Crippen LogP contribution in [0.2, 0.25) is 0 Å². The number of halogens is 2. The molecule has 1 aromatic rings. The molecule has 0 amide bonds. The highest BCUT2D eigenvalue weighted by molar-refractivity contribution is 9.11. The molecule has 3 nitrogen and oxygen atoms in total. The van der Waals surface area contributed by atoms with Gasteiger partial charge in [0.25, 0.3) is 0 Å². The van der Waals surface area contributed by atoms with Crippen LogP contribution < -0.4 is 5.32 Å². The minimum atomic E-state index is 0.297. The molecule has 0 aromatic heterocycles. The average molecular weight is 406 g/mol. The summed E-state index contributed by atoms with van der Waals surface area (Å²) in [6.07, 6.45) is 3.45. The molecule has 0 unspecified atom stereocenters. The highest BCUT2D eigenvalue weighted by Crippen LogP contribution is 2.39. The van der Waals surface area contributed by atoms with Crippen LogP contribution in [-0.4, -0.2) is 36.2 Å². The molecule has 5 heteroatoms. The molecule has 112 valence electrons. The Labute approximate surface area is 138 Å². The van der Waals surface area contributed by atoms with Crippen molar-refractivity contribution >= 4 is 31.9 Å². The molecule has 0 aliphatic carbocycles. The van der Waals surface area contributed by atoms with Crippen LogP contribution in [-0.2, 0) is 0 Å². The number of unbranched alkanes of at least 4 members (excludes halogenated alkanes) is 1. The van der Waals surface area contributed by atoms with Crippen LogP contribution in [0.5, 0.6) is 5.75 Å². The Morgan fingerprint density at radius 1 is 1.30 bits per heavy atom. The second-order valence-electron chi connectivity index (χ2n) is 5.27. The molecule has 1 aromatic carbocycles. The largest absolute Gasteiger partial charge is 0.506 e. The second kappa shape index (κ2) is 7.78. The summed E-state index contributed by atoms with van der Waals surface area (Å²) in [7, 11) is 0. The van der Waals surface area contributed by atoms with Crippen LogP contribution in [0.4, 0.5) is 0 Å². The first-order valence-electron chi connectivity index (χ1n) is 7.26. The number of nitrogens with zero attached hydrogens (tertiary/aromatic N) is 1. The van der Waals surface area contributed by atoms with E-state index < -0.39 is 0 Å². The molecule has 1 atom stereocenters. The van der Waals surface area contributed by atoms with Crippen LogP contribution >= 0.6 is 31.9 Å². The average Bonchev–Trinajstić information content (AvgIpc) is 2.45. The Morgan fingerprint density at radius 2 is 2.00 bits per heavy atom. The number of phenols is 1. The summed E-state index contributed by atoms with van der Waals surface area (Å²) >= 11 is 6.98. The smallest absolute Gasteiger partial charge is 0.134 e. The third-order valence-electron chi connectivity index (χ3n) is 3.84. The summed E-state index contributed by atoms with van der Waals surface area (Å²) in [6, 6.07) is 4.25. The number of hydrogen-bond donors (Lipinski definition) is 2. The van der Waals surface area contributed by atoms with E-state index in [0.717, 1.165) is 47.1 Å². The van der Waals surface area contributed by atoms with Gasteiger partial charge in [-0.05, 0) is 34.5 Å². The Morgan fingerprint density at radius 3 is 2.65 bits per heavy atom. The zero-order valence-corrected chi connectivity index (χ0v) is 15.0. The minimum absolute atomic E-state index is 0.297. The number of benzene rings is 1. The van der Waals surface area contributed by atoms with Gasteiger partial charge in [-0.1, -0.05) is 35.7 Å². The van der Waals surface area contributed by atoms with Gasteiger partial charge < -0.3 is 10.4 Å². The summed E-state index contributed by atoms with van der Waals surface area (Å²) in [4.78, 5) is 2.49. The van der Waals surface area contributed by atoms with E-state index in [1.54, 1.807) is 0 Å². The number of rotatable bonds is 5. The highest BCUT2D eigenvalue weighted by Gasteiger charge is 2.25. The molecule has 0 radical (unpaired) electrons. The third kappa shape index (κ3) is 3.97. The summed E-state index contributed by atoms with van der Waals surface area (Å²) < 4.78 is 1.77. The SMILES string of the molecule is CCCC[C@H](c1cc(Br)cc(Br)c1O)N1CCNCC1. The third-order valence-corrected chi connectivity index (χ3v) is 4.90. The fourth-order valence-corrected chi connectivity index (χ4v) is 4.02. The fraction of sp³-hybridized carbons (Fsp3) is 0.600. The van der Waals surface area contributed by atoms with Crippen molar-refractivity contribution in [1.82, 2.24) is 10.2 Å². The quantitative estimate of drug-likeness (QED) is 0.775. The van der Waals surface area contributed by atoms with Gasteiger partial charge in [-0.3, -0.25) is 4.90 Å². The molecule has 1 aliphatic rings. The monoisotopic (exact) mass is 404 g/mol. The lowest BCUT2D eigenvalue weighted by Crippen LogP contribution is -2.45. The zero-order valence-electron chi connectivity index (χ0n) is 11.8. The second-order valence-corrected chi connectivity index (χ2v) is 7.04. The van der Waals surface area contributed by atoms with Gasteiger partial charge in [0.15, 0.2) is 0 Å². The van der Waals surface area contributed by atoms with Gasteiger partial charge in [-0.15, -0.1) is 0 Å². The van der Waals surface area contributed by atoms with Gasteiger partial charge in [0.05, 0.1) is 4.47 Å². The van der Waals surface area contributed by atoms with Crippen molar-refractivity contribution in [2.24, 2.45) is 0 Å². The van der Waals surface area contributed by atoms with E-state index in [9.17, 15) is 5.11 Å². The van der Waals surface area contributed by atoms with Gasteiger partial charge in [0.1, 0.15) is 5.75 Å². The molecule has 1 heterocycles. The normalized spacial score (nSPS) is 18.1. The van der Waals surface area contributed by atoms with Gasteiger partial charge >= 0.3 is 0 Å². The molecule has 0 saturated carbocycles. The highest BCUT2D eigenvalue weighted by atomic mass is 79.9. The van der Waals surface area contributed by atoms with Gasteiger partial charge in [-0.25, -0.2) is 0 Å². The molecule has 0 bridgehead atoms. The van der Waals surface area contributed by atoms with Crippen molar-refractivity contribution in [2.45, 2.75) is 32.2 Å². The maximum absolute atomic E-state index is 10.4. The first-order valence-corrected chi connectivity index (χ1v) is 8.84. The topological polar surface area (TPSA) is 35.5 Å². The summed E-state index contributed by atoms with van der Waals surface area (Å²) in [5.41, 5.74) is 1.03. The maximum atomic E-state index is 10.4. The minimum Gasteiger partial charge on any atom is -0.506 e. The predicted octanol–water partition coefficient (Wildman–Crippen LogP) is 4.05. The summed E-state index contributed by atoms with van der Waals surface area (Å²) in [5.74, 6) is 0.382. The number of aromatic hydroxyl groups is 1. The van der Waals surface area contributed by atoms with Crippen LogP contribution in [0.3, 0.4) is 0 Å².